The molecule has 2 rings (SSSR count). The normalized spacial score (nSPS) is 14.8. The van der Waals surface area contributed by atoms with Crippen LogP contribution in [0.2, 0.25) is 0 Å². The van der Waals surface area contributed by atoms with E-state index < -0.39 is 10.9 Å². The van der Waals surface area contributed by atoms with Gasteiger partial charge in [-0.25, -0.2) is 4.79 Å². The largest absolute Gasteiger partial charge is 0.462 e. The number of nitro benzene ring substituents is 1. The topological polar surface area (TPSA) is 106 Å². The summed E-state index contributed by atoms with van der Waals surface area (Å²) in [5.74, 6) is -0.751. The smallest absolute Gasteiger partial charge is 0.348 e. The van der Waals surface area contributed by atoms with Gasteiger partial charge >= 0.3 is 5.97 Å². The number of nitrogens with zero attached hydrogens (tertiary/aromatic N) is 3. The maximum absolute atomic E-state index is 11.8. The molecular weight excluding hydrogens is 314 g/mol. The summed E-state index contributed by atoms with van der Waals surface area (Å²) < 4.78 is 10.1. The van der Waals surface area contributed by atoms with E-state index in [0.717, 1.165) is 0 Å². The lowest BCUT2D eigenvalue weighted by Gasteiger charge is -2.30. The van der Waals surface area contributed by atoms with Gasteiger partial charge in [0.25, 0.3) is 5.69 Å². The SMILES string of the molecule is CCOC(=O)/C(C#N)=C/c1cc([N+](=O)[O-])ccc1N1CCOCC1. The quantitative estimate of drug-likeness (QED) is 0.267. The van der Waals surface area contributed by atoms with Gasteiger partial charge in [-0.1, -0.05) is 0 Å². The number of esters is 1. The molecule has 0 bridgehead atoms. The Hall–Kier alpha value is -2.92. The van der Waals surface area contributed by atoms with Crippen molar-refractivity contribution in [3.8, 4) is 6.07 Å². The second kappa shape index (κ2) is 8.08. The molecule has 0 aliphatic carbocycles. The molecule has 0 aromatic heterocycles. The average Bonchev–Trinajstić information content (AvgIpc) is 2.60. The number of morpholine rings is 1. The van der Waals surface area contributed by atoms with Gasteiger partial charge < -0.3 is 14.4 Å². The molecule has 1 heterocycles. The number of carbonyl (C=O) groups is 1. The van der Waals surface area contributed by atoms with Gasteiger partial charge in [-0.2, -0.15) is 5.26 Å². The Morgan fingerprint density at radius 1 is 1.50 bits per heavy atom. The van der Waals surface area contributed by atoms with Gasteiger partial charge in [0.1, 0.15) is 11.6 Å². The van der Waals surface area contributed by atoms with Gasteiger partial charge in [0.15, 0.2) is 0 Å². The highest BCUT2D eigenvalue weighted by atomic mass is 16.6. The van der Waals surface area contributed by atoms with E-state index in [0.29, 0.717) is 37.6 Å². The molecule has 126 valence electrons. The lowest BCUT2D eigenvalue weighted by molar-refractivity contribution is -0.384. The van der Waals surface area contributed by atoms with E-state index in [2.05, 4.69) is 0 Å². The van der Waals surface area contributed by atoms with Crippen molar-refractivity contribution in [2.24, 2.45) is 0 Å². The third kappa shape index (κ3) is 4.08. The van der Waals surface area contributed by atoms with Crippen LogP contribution in [0.5, 0.6) is 0 Å². The summed E-state index contributed by atoms with van der Waals surface area (Å²) in [5.41, 5.74) is 0.822. The van der Waals surface area contributed by atoms with E-state index in [-0.39, 0.29) is 17.9 Å². The fourth-order valence-electron chi connectivity index (χ4n) is 2.36. The molecule has 0 unspecified atom stereocenters. The van der Waals surface area contributed by atoms with E-state index in [4.69, 9.17) is 9.47 Å². The molecule has 1 fully saturated rings. The second-order valence-electron chi connectivity index (χ2n) is 4.99. The van der Waals surface area contributed by atoms with Crippen LogP contribution >= 0.6 is 0 Å². The Labute approximate surface area is 139 Å². The Bertz CT molecular complexity index is 702. The predicted molar refractivity (Wildman–Crippen MR) is 86.4 cm³/mol. The molecule has 8 heteroatoms. The number of nitro groups is 1. The first kappa shape index (κ1) is 17.4. The Morgan fingerprint density at radius 2 is 2.21 bits per heavy atom. The van der Waals surface area contributed by atoms with Crippen molar-refractivity contribution in [1.29, 1.82) is 5.26 Å². The molecule has 24 heavy (non-hydrogen) atoms. The number of rotatable bonds is 5. The van der Waals surface area contributed by atoms with Gasteiger partial charge in [-0.05, 0) is 19.1 Å². The van der Waals surface area contributed by atoms with Crippen molar-refractivity contribution < 1.29 is 19.2 Å². The molecule has 1 saturated heterocycles. The van der Waals surface area contributed by atoms with E-state index in [1.165, 1.54) is 18.2 Å². The van der Waals surface area contributed by atoms with Crippen molar-refractivity contribution in [3.63, 3.8) is 0 Å². The fourth-order valence-corrected chi connectivity index (χ4v) is 2.36. The first-order valence-corrected chi connectivity index (χ1v) is 7.47. The van der Waals surface area contributed by atoms with Crippen LogP contribution in [0.3, 0.4) is 0 Å². The van der Waals surface area contributed by atoms with Crippen LogP contribution in [0, 0.1) is 21.4 Å². The average molecular weight is 331 g/mol. The highest BCUT2D eigenvalue weighted by molar-refractivity contribution is 5.98. The minimum atomic E-state index is -0.751. The predicted octanol–water partition coefficient (Wildman–Crippen LogP) is 1.90. The highest BCUT2D eigenvalue weighted by Crippen LogP contribution is 2.28. The maximum atomic E-state index is 11.8. The first-order chi connectivity index (χ1) is 11.6. The third-order valence-corrected chi connectivity index (χ3v) is 3.49. The molecule has 1 aromatic carbocycles. The molecule has 0 amide bonds. The number of anilines is 1. The van der Waals surface area contributed by atoms with Crippen LogP contribution in [-0.4, -0.2) is 43.8 Å². The minimum Gasteiger partial charge on any atom is -0.462 e. The Morgan fingerprint density at radius 3 is 2.79 bits per heavy atom. The van der Waals surface area contributed by atoms with E-state index in [9.17, 15) is 20.2 Å². The molecule has 1 aromatic rings. The van der Waals surface area contributed by atoms with Crippen molar-refractivity contribution in [2.45, 2.75) is 6.92 Å². The Kier molecular flexibility index (Phi) is 5.87. The van der Waals surface area contributed by atoms with Crippen molar-refractivity contribution in [3.05, 3.63) is 39.4 Å². The summed E-state index contributed by atoms with van der Waals surface area (Å²) in [4.78, 5) is 24.3. The zero-order valence-corrected chi connectivity index (χ0v) is 13.2. The van der Waals surface area contributed by atoms with Gasteiger partial charge in [-0.15, -0.1) is 0 Å². The van der Waals surface area contributed by atoms with Gasteiger partial charge in [-0.3, -0.25) is 10.1 Å². The summed E-state index contributed by atoms with van der Waals surface area (Å²) in [5, 5.41) is 20.2. The van der Waals surface area contributed by atoms with Gasteiger partial charge in [0.2, 0.25) is 0 Å². The lowest BCUT2D eigenvalue weighted by atomic mass is 10.1. The molecule has 0 saturated carbocycles. The number of hydrogen-bond donors (Lipinski definition) is 0. The zero-order chi connectivity index (χ0) is 17.5. The van der Waals surface area contributed by atoms with E-state index in [1.807, 2.05) is 4.90 Å². The second-order valence-corrected chi connectivity index (χ2v) is 4.99. The molecule has 8 nitrogen and oxygen atoms in total. The molecule has 1 aliphatic heterocycles. The highest BCUT2D eigenvalue weighted by Gasteiger charge is 2.19. The summed E-state index contributed by atoms with van der Waals surface area (Å²) >= 11 is 0. The maximum Gasteiger partial charge on any atom is 0.348 e. The molecular formula is C16H17N3O5. The fraction of sp³-hybridized carbons (Fsp3) is 0.375. The van der Waals surface area contributed by atoms with Crippen LogP contribution < -0.4 is 4.90 Å². The van der Waals surface area contributed by atoms with Crippen LogP contribution in [-0.2, 0) is 14.3 Å². The summed E-state index contributed by atoms with van der Waals surface area (Å²) in [7, 11) is 0. The van der Waals surface area contributed by atoms with E-state index in [1.54, 1.807) is 19.1 Å². The van der Waals surface area contributed by atoms with Crippen molar-refractivity contribution >= 4 is 23.4 Å². The van der Waals surface area contributed by atoms with Crippen LogP contribution in [0.1, 0.15) is 12.5 Å². The van der Waals surface area contributed by atoms with Gasteiger partial charge in [0.05, 0.1) is 24.7 Å². The van der Waals surface area contributed by atoms with Crippen LogP contribution in [0.15, 0.2) is 23.8 Å². The minimum absolute atomic E-state index is 0.112. The number of non-ortho nitro benzene ring substituents is 1. The zero-order valence-electron chi connectivity index (χ0n) is 13.2. The number of nitriles is 1. The summed E-state index contributed by atoms with van der Waals surface area (Å²) in [6, 6.07) is 6.16. The molecule has 0 spiro atoms. The van der Waals surface area contributed by atoms with Gasteiger partial charge in [0, 0.05) is 36.5 Å². The van der Waals surface area contributed by atoms with Crippen LogP contribution in [0.4, 0.5) is 11.4 Å². The summed E-state index contributed by atoms with van der Waals surface area (Å²) in [6.45, 7) is 4.12. The standard InChI is InChI=1S/C16H17N3O5/c1-2-24-16(20)13(11-17)9-12-10-14(19(21)22)3-4-15(12)18-5-7-23-8-6-18/h3-4,9-10H,2,5-8H2,1H3/b13-9+. The molecule has 0 radical (unpaired) electrons. The first-order valence-electron chi connectivity index (χ1n) is 7.47. The van der Waals surface area contributed by atoms with Crippen LogP contribution in [0.25, 0.3) is 6.08 Å². The third-order valence-electron chi connectivity index (χ3n) is 3.49. The molecule has 1 aliphatic rings. The summed E-state index contributed by atoms with van der Waals surface area (Å²) in [6.07, 6.45) is 1.33. The molecule has 0 N–H and O–H groups in total. The number of hydrogen-bond acceptors (Lipinski definition) is 7. The Balaban J connectivity index is 2.47. The van der Waals surface area contributed by atoms with Crippen molar-refractivity contribution in [1.82, 2.24) is 0 Å². The lowest BCUT2D eigenvalue weighted by Crippen LogP contribution is -2.36. The monoisotopic (exact) mass is 331 g/mol. The number of ether oxygens (including phenoxy) is 2. The van der Waals surface area contributed by atoms with Crippen molar-refractivity contribution in [2.75, 3.05) is 37.8 Å². The van der Waals surface area contributed by atoms with E-state index >= 15 is 0 Å². The molecule has 0 atom stereocenters. The number of benzene rings is 1. The number of carbonyl (C=O) groups excluding carboxylic acids is 1.